The van der Waals surface area contributed by atoms with Crippen LogP contribution in [0.5, 0.6) is 0 Å². The number of alkyl carbamates (subject to hydrolysis) is 1. The molecular formula is C11H17N5O4. The summed E-state index contributed by atoms with van der Waals surface area (Å²) in [5.74, 6) is 5.09. The Labute approximate surface area is 115 Å². The minimum Gasteiger partial charge on any atom is -0.453 e. The van der Waals surface area contributed by atoms with E-state index in [0.717, 1.165) is 13.0 Å². The van der Waals surface area contributed by atoms with Crippen molar-refractivity contribution in [1.29, 1.82) is 0 Å². The van der Waals surface area contributed by atoms with Gasteiger partial charge in [-0.15, -0.1) is 0 Å². The first-order valence-electron chi connectivity index (χ1n) is 6.15. The lowest BCUT2D eigenvalue weighted by Gasteiger charge is -2.14. The molecule has 110 valence electrons. The molecule has 9 nitrogen and oxygen atoms in total. The third-order valence-electron chi connectivity index (χ3n) is 3.08. The molecule has 0 aromatic carbocycles. The number of amides is 2. The van der Waals surface area contributed by atoms with Gasteiger partial charge in [0.25, 0.3) is 5.91 Å². The van der Waals surface area contributed by atoms with Gasteiger partial charge in [0, 0.05) is 25.2 Å². The van der Waals surface area contributed by atoms with Crippen molar-refractivity contribution in [3.8, 4) is 0 Å². The summed E-state index contributed by atoms with van der Waals surface area (Å²) in [4.78, 5) is 24.4. The van der Waals surface area contributed by atoms with Crippen molar-refractivity contribution in [2.24, 2.45) is 5.84 Å². The Bertz CT molecular complexity index is 489. The Hall–Kier alpha value is -2.13. The first kappa shape index (κ1) is 14.3. The molecule has 1 atom stereocenters. The van der Waals surface area contributed by atoms with Crippen LogP contribution in [0.15, 0.2) is 10.6 Å². The maximum Gasteiger partial charge on any atom is 0.407 e. The first-order valence-corrected chi connectivity index (χ1v) is 6.15. The SMILES string of the molecule is COC(=O)NC1CCN(Cc2cc(C(=O)NN)no2)C1. The van der Waals surface area contributed by atoms with Crippen LogP contribution >= 0.6 is 0 Å². The molecule has 1 aromatic rings. The van der Waals surface area contributed by atoms with Gasteiger partial charge in [0.15, 0.2) is 11.5 Å². The Kier molecular flexibility index (Phi) is 4.53. The van der Waals surface area contributed by atoms with Gasteiger partial charge in [-0.05, 0) is 6.42 Å². The average molecular weight is 283 g/mol. The molecule has 0 saturated carbocycles. The third kappa shape index (κ3) is 3.45. The van der Waals surface area contributed by atoms with Crippen LogP contribution in [0, 0.1) is 0 Å². The van der Waals surface area contributed by atoms with Gasteiger partial charge in [0.2, 0.25) is 0 Å². The number of rotatable bonds is 4. The number of nitrogen functional groups attached to an aromatic ring is 1. The molecule has 1 fully saturated rings. The number of nitrogens with one attached hydrogen (secondary N) is 2. The summed E-state index contributed by atoms with van der Waals surface area (Å²) in [6.45, 7) is 2.02. The Morgan fingerprint density at radius 3 is 3.15 bits per heavy atom. The van der Waals surface area contributed by atoms with E-state index in [1.54, 1.807) is 6.07 Å². The number of ether oxygens (including phenoxy) is 1. The van der Waals surface area contributed by atoms with Gasteiger partial charge in [0.05, 0.1) is 13.7 Å². The van der Waals surface area contributed by atoms with Crippen LogP contribution in [0.1, 0.15) is 22.7 Å². The fourth-order valence-electron chi connectivity index (χ4n) is 2.11. The number of nitrogens with two attached hydrogens (primary N) is 1. The van der Waals surface area contributed by atoms with Gasteiger partial charge in [0.1, 0.15) is 0 Å². The van der Waals surface area contributed by atoms with Crippen LogP contribution in [0.2, 0.25) is 0 Å². The fraction of sp³-hybridized carbons (Fsp3) is 0.545. The molecule has 1 aromatic heterocycles. The highest BCUT2D eigenvalue weighted by molar-refractivity contribution is 5.91. The molecule has 1 saturated heterocycles. The Morgan fingerprint density at radius 1 is 1.65 bits per heavy atom. The number of carbonyl (C=O) groups excluding carboxylic acids is 2. The van der Waals surface area contributed by atoms with E-state index in [-0.39, 0.29) is 11.7 Å². The maximum absolute atomic E-state index is 11.2. The second kappa shape index (κ2) is 6.35. The molecule has 2 amide bonds. The van der Waals surface area contributed by atoms with Crippen molar-refractivity contribution in [2.45, 2.75) is 19.0 Å². The van der Waals surface area contributed by atoms with Crippen molar-refractivity contribution >= 4 is 12.0 Å². The van der Waals surface area contributed by atoms with E-state index >= 15 is 0 Å². The van der Waals surface area contributed by atoms with Crippen LogP contribution in [-0.4, -0.2) is 48.3 Å². The molecule has 20 heavy (non-hydrogen) atoms. The van der Waals surface area contributed by atoms with Gasteiger partial charge in [-0.2, -0.15) is 0 Å². The van der Waals surface area contributed by atoms with Gasteiger partial charge in [-0.3, -0.25) is 15.1 Å². The van der Waals surface area contributed by atoms with E-state index in [0.29, 0.717) is 18.8 Å². The van der Waals surface area contributed by atoms with Crippen molar-refractivity contribution < 1.29 is 18.8 Å². The topological polar surface area (TPSA) is 123 Å². The quantitative estimate of drug-likeness (QED) is 0.376. The smallest absolute Gasteiger partial charge is 0.407 e. The van der Waals surface area contributed by atoms with Crippen molar-refractivity contribution in [2.75, 3.05) is 20.2 Å². The molecule has 9 heteroatoms. The van der Waals surface area contributed by atoms with Crippen molar-refractivity contribution in [1.82, 2.24) is 20.8 Å². The van der Waals surface area contributed by atoms with Gasteiger partial charge in [-0.1, -0.05) is 5.16 Å². The van der Waals surface area contributed by atoms with Crippen molar-refractivity contribution in [3.63, 3.8) is 0 Å². The molecule has 4 N–H and O–H groups in total. The molecule has 2 rings (SSSR count). The number of methoxy groups -OCH3 is 1. The number of likely N-dealkylation sites (tertiary alicyclic amines) is 1. The predicted molar refractivity (Wildman–Crippen MR) is 67.4 cm³/mol. The number of aromatic nitrogens is 1. The first-order chi connectivity index (χ1) is 9.62. The number of hydrogen-bond acceptors (Lipinski definition) is 7. The van der Waals surface area contributed by atoms with Gasteiger partial charge in [-0.25, -0.2) is 10.6 Å². The zero-order valence-electron chi connectivity index (χ0n) is 11.1. The molecule has 0 aliphatic carbocycles. The van der Waals surface area contributed by atoms with E-state index in [2.05, 4.69) is 20.1 Å². The lowest BCUT2D eigenvalue weighted by atomic mass is 10.3. The summed E-state index contributed by atoms with van der Waals surface area (Å²) in [6, 6.07) is 1.60. The maximum atomic E-state index is 11.2. The zero-order chi connectivity index (χ0) is 14.5. The normalized spacial score (nSPS) is 18.8. The zero-order valence-corrected chi connectivity index (χ0v) is 11.1. The summed E-state index contributed by atoms with van der Waals surface area (Å²) in [5, 5.41) is 6.37. The third-order valence-corrected chi connectivity index (χ3v) is 3.08. The summed E-state index contributed by atoms with van der Waals surface area (Å²) in [7, 11) is 1.33. The second-order valence-corrected chi connectivity index (χ2v) is 4.51. The lowest BCUT2D eigenvalue weighted by molar-refractivity contribution is 0.0944. The minimum atomic E-state index is -0.494. The number of hydrazine groups is 1. The van der Waals surface area contributed by atoms with Crippen LogP contribution in [0.4, 0.5) is 4.79 Å². The number of nitrogens with zero attached hydrogens (tertiary/aromatic N) is 2. The van der Waals surface area contributed by atoms with Crippen LogP contribution in [0.25, 0.3) is 0 Å². The van der Waals surface area contributed by atoms with E-state index < -0.39 is 12.0 Å². The Morgan fingerprint density at radius 2 is 2.45 bits per heavy atom. The van der Waals surface area contributed by atoms with Crippen LogP contribution < -0.4 is 16.6 Å². The molecule has 2 heterocycles. The van der Waals surface area contributed by atoms with E-state index in [1.165, 1.54) is 7.11 Å². The minimum absolute atomic E-state index is 0.0529. The molecule has 1 aliphatic heterocycles. The van der Waals surface area contributed by atoms with Gasteiger partial charge >= 0.3 is 6.09 Å². The highest BCUT2D eigenvalue weighted by Gasteiger charge is 2.25. The van der Waals surface area contributed by atoms with E-state index in [1.807, 2.05) is 5.43 Å². The Balaban J connectivity index is 1.84. The van der Waals surface area contributed by atoms with Crippen LogP contribution in [0.3, 0.4) is 0 Å². The highest BCUT2D eigenvalue weighted by atomic mass is 16.5. The lowest BCUT2D eigenvalue weighted by Crippen LogP contribution is -2.36. The fourth-order valence-corrected chi connectivity index (χ4v) is 2.11. The molecule has 0 radical (unpaired) electrons. The predicted octanol–water partition coefficient (Wildman–Crippen LogP) is -0.792. The highest BCUT2D eigenvalue weighted by Crippen LogP contribution is 2.14. The second-order valence-electron chi connectivity index (χ2n) is 4.51. The summed E-state index contributed by atoms with van der Waals surface area (Å²) < 4.78 is 9.62. The van der Waals surface area contributed by atoms with E-state index in [9.17, 15) is 9.59 Å². The molecule has 0 spiro atoms. The van der Waals surface area contributed by atoms with Crippen LogP contribution in [-0.2, 0) is 11.3 Å². The average Bonchev–Trinajstić information content (AvgIpc) is 3.08. The molecule has 0 bridgehead atoms. The van der Waals surface area contributed by atoms with Gasteiger partial charge < -0.3 is 14.6 Å². The summed E-state index contributed by atoms with van der Waals surface area (Å²) in [5.41, 5.74) is 2.13. The van der Waals surface area contributed by atoms with E-state index in [4.69, 9.17) is 10.4 Å². The largest absolute Gasteiger partial charge is 0.453 e. The summed E-state index contributed by atoms with van der Waals surface area (Å²) in [6.07, 6.45) is 0.401. The van der Waals surface area contributed by atoms with Crippen molar-refractivity contribution in [3.05, 3.63) is 17.5 Å². The standard InChI is InChI=1S/C11H17N5O4/c1-19-11(18)13-7-2-3-16(5-7)6-8-4-9(15-20-8)10(17)14-12/h4,7H,2-3,5-6,12H2,1H3,(H,13,18)(H,14,17). The summed E-state index contributed by atoms with van der Waals surface area (Å²) >= 11 is 0. The number of carbonyl (C=O) groups is 2. The monoisotopic (exact) mass is 283 g/mol. The molecule has 1 aliphatic rings. The number of hydrogen-bond donors (Lipinski definition) is 3. The molecule has 1 unspecified atom stereocenters. The molecular weight excluding hydrogens is 266 g/mol.